The van der Waals surface area contributed by atoms with Crippen molar-refractivity contribution in [3.05, 3.63) is 76.1 Å². The van der Waals surface area contributed by atoms with Gasteiger partial charge in [0.1, 0.15) is 5.58 Å². The second kappa shape index (κ2) is 8.54. The predicted molar refractivity (Wildman–Crippen MR) is 108 cm³/mol. The van der Waals surface area contributed by atoms with Gasteiger partial charge in [-0.25, -0.2) is 4.79 Å². The molecule has 140 valence electrons. The summed E-state index contributed by atoms with van der Waals surface area (Å²) in [4.78, 5) is 25.9. The molecule has 0 aliphatic carbocycles. The van der Waals surface area contributed by atoms with Gasteiger partial charge in [-0.05, 0) is 42.7 Å². The Morgan fingerprint density at radius 2 is 1.85 bits per heavy atom. The Bertz CT molecular complexity index is 977. The lowest BCUT2D eigenvalue weighted by molar-refractivity contribution is 0.0794. The van der Waals surface area contributed by atoms with Crippen LogP contribution in [0.15, 0.2) is 63.8 Å². The summed E-state index contributed by atoms with van der Waals surface area (Å²) in [6.45, 7) is 3.37. The van der Waals surface area contributed by atoms with E-state index in [1.54, 1.807) is 11.0 Å². The molecule has 5 nitrogen and oxygen atoms in total. The molecule has 1 aromatic heterocycles. The average Bonchev–Trinajstić information content (AvgIpc) is 2.70. The molecular weight excluding hydrogens is 340 g/mol. The maximum Gasteiger partial charge on any atom is 0.338 e. The quantitative estimate of drug-likeness (QED) is 0.510. The Labute approximate surface area is 158 Å². The van der Waals surface area contributed by atoms with Gasteiger partial charge >= 0.3 is 5.63 Å². The van der Waals surface area contributed by atoms with Crippen LogP contribution in [0.25, 0.3) is 11.0 Å². The number of aryl methyl sites for hydroxylation is 1. The van der Waals surface area contributed by atoms with Gasteiger partial charge in [0.05, 0.1) is 5.69 Å². The summed E-state index contributed by atoms with van der Waals surface area (Å²) in [7, 11) is 1.81. The highest BCUT2D eigenvalue weighted by Crippen LogP contribution is 2.20. The van der Waals surface area contributed by atoms with Gasteiger partial charge in [0.25, 0.3) is 5.91 Å². The maximum atomic E-state index is 12.5. The number of carbonyl (C=O) groups excluding carboxylic acids is 1. The van der Waals surface area contributed by atoms with Crippen molar-refractivity contribution in [1.29, 1.82) is 0 Å². The van der Waals surface area contributed by atoms with E-state index in [-0.39, 0.29) is 11.5 Å². The zero-order chi connectivity index (χ0) is 19.2. The second-order valence-electron chi connectivity index (χ2n) is 6.53. The topological polar surface area (TPSA) is 62.6 Å². The minimum Gasteiger partial charge on any atom is -0.423 e. The number of benzene rings is 2. The predicted octanol–water partition coefficient (Wildman–Crippen LogP) is 3.93. The second-order valence-corrected chi connectivity index (χ2v) is 6.53. The van der Waals surface area contributed by atoms with Crippen molar-refractivity contribution in [3.63, 3.8) is 0 Å². The number of hydrogen-bond donors (Lipinski definition) is 1. The summed E-state index contributed by atoms with van der Waals surface area (Å²) in [5.74, 6) is 0.0171. The fraction of sp³-hybridized carbons (Fsp3) is 0.273. The maximum absolute atomic E-state index is 12.5. The first-order valence-electron chi connectivity index (χ1n) is 9.19. The Balaban J connectivity index is 1.55. The number of para-hydroxylation sites is 1. The highest BCUT2D eigenvalue weighted by atomic mass is 16.4. The molecule has 2 aromatic carbocycles. The smallest absolute Gasteiger partial charge is 0.338 e. The van der Waals surface area contributed by atoms with Gasteiger partial charge in [-0.2, -0.15) is 0 Å². The number of amides is 1. The number of fused-ring (bicyclic) bond motifs is 1. The highest BCUT2D eigenvalue weighted by molar-refractivity contribution is 5.94. The first-order valence-corrected chi connectivity index (χ1v) is 9.19. The van der Waals surface area contributed by atoms with Crippen LogP contribution in [0.2, 0.25) is 0 Å². The third-order valence-corrected chi connectivity index (χ3v) is 4.59. The molecule has 0 spiro atoms. The van der Waals surface area contributed by atoms with E-state index in [1.807, 2.05) is 49.5 Å². The van der Waals surface area contributed by atoms with Crippen LogP contribution in [0.3, 0.4) is 0 Å². The molecule has 3 aromatic rings. The molecule has 0 radical (unpaired) electrons. The summed E-state index contributed by atoms with van der Waals surface area (Å²) >= 11 is 0. The molecule has 0 saturated heterocycles. The fourth-order valence-electron chi connectivity index (χ4n) is 3.00. The molecule has 0 aliphatic heterocycles. The average molecular weight is 364 g/mol. The SMILES string of the molecule is CCc1ccc(C(=O)N(C)CCCNc2cc(=O)oc3ccccc23)cc1. The molecule has 0 atom stereocenters. The first kappa shape index (κ1) is 18.7. The number of anilines is 1. The Kier molecular flexibility index (Phi) is 5.91. The monoisotopic (exact) mass is 364 g/mol. The van der Waals surface area contributed by atoms with Crippen LogP contribution in [-0.4, -0.2) is 30.9 Å². The van der Waals surface area contributed by atoms with Crippen molar-refractivity contribution in [2.45, 2.75) is 19.8 Å². The largest absolute Gasteiger partial charge is 0.423 e. The van der Waals surface area contributed by atoms with Crippen LogP contribution in [0.4, 0.5) is 5.69 Å². The van der Waals surface area contributed by atoms with Gasteiger partial charge < -0.3 is 14.6 Å². The van der Waals surface area contributed by atoms with Gasteiger partial charge in [0, 0.05) is 37.2 Å². The van der Waals surface area contributed by atoms with Crippen LogP contribution in [0.1, 0.15) is 29.3 Å². The normalized spacial score (nSPS) is 10.7. The van der Waals surface area contributed by atoms with E-state index in [0.29, 0.717) is 24.2 Å². The Morgan fingerprint density at radius 3 is 2.59 bits per heavy atom. The Morgan fingerprint density at radius 1 is 1.11 bits per heavy atom. The van der Waals surface area contributed by atoms with Crippen LogP contribution >= 0.6 is 0 Å². The molecule has 1 amide bonds. The number of rotatable bonds is 7. The van der Waals surface area contributed by atoms with E-state index >= 15 is 0 Å². The standard InChI is InChI=1S/C22H24N2O3/c1-3-16-9-11-17(12-10-16)22(26)24(2)14-6-13-23-19-15-21(25)27-20-8-5-4-7-18(19)20/h4-5,7-12,15,23H,3,6,13-14H2,1-2H3. The molecule has 3 rings (SSSR count). The van der Waals surface area contributed by atoms with Crippen molar-refractivity contribution >= 4 is 22.6 Å². The van der Waals surface area contributed by atoms with Crippen molar-refractivity contribution in [2.75, 3.05) is 25.5 Å². The fourth-order valence-corrected chi connectivity index (χ4v) is 3.00. The van der Waals surface area contributed by atoms with Gasteiger partial charge in [-0.1, -0.05) is 31.2 Å². The van der Waals surface area contributed by atoms with E-state index in [1.165, 1.54) is 11.6 Å². The van der Waals surface area contributed by atoms with Crippen LogP contribution in [-0.2, 0) is 6.42 Å². The summed E-state index contributed by atoms with van der Waals surface area (Å²) in [6.07, 6.45) is 1.73. The number of nitrogens with zero attached hydrogens (tertiary/aromatic N) is 1. The van der Waals surface area contributed by atoms with Gasteiger partial charge in [0.15, 0.2) is 0 Å². The van der Waals surface area contributed by atoms with Gasteiger partial charge in [-0.3, -0.25) is 4.79 Å². The van der Waals surface area contributed by atoms with E-state index in [0.717, 1.165) is 23.9 Å². The van der Waals surface area contributed by atoms with Crippen LogP contribution in [0.5, 0.6) is 0 Å². The molecule has 0 bridgehead atoms. The molecule has 1 N–H and O–H groups in total. The molecule has 0 fully saturated rings. The zero-order valence-corrected chi connectivity index (χ0v) is 15.7. The van der Waals surface area contributed by atoms with Crippen molar-refractivity contribution in [2.24, 2.45) is 0 Å². The van der Waals surface area contributed by atoms with E-state index in [4.69, 9.17) is 4.42 Å². The summed E-state index contributed by atoms with van der Waals surface area (Å²) in [5.41, 5.74) is 2.87. The molecule has 0 aliphatic rings. The number of nitrogens with one attached hydrogen (secondary N) is 1. The van der Waals surface area contributed by atoms with Crippen molar-refractivity contribution < 1.29 is 9.21 Å². The number of hydrogen-bond acceptors (Lipinski definition) is 4. The Hall–Kier alpha value is -3.08. The van der Waals surface area contributed by atoms with Gasteiger partial charge in [0.2, 0.25) is 0 Å². The molecular formula is C22H24N2O3. The number of carbonyl (C=O) groups is 1. The van der Waals surface area contributed by atoms with E-state index in [2.05, 4.69) is 12.2 Å². The third kappa shape index (κ3) is 4.56. The van der Waals surface area contributed by atoms with E-state index in [9.17, 15) is 9.59 Å². The molecule has 0 unspecified atom stereocenters. The van der Waals surface area contributed by atoms with Crippen LogP contribution < -0.4 is 10.9 Å². The lowest BCUT2D eigenvalue weighted by atomic mass is 10.1. The zero-order valence-electron chi connectivity index (χ0n) is 15.7. The molecule has 5 heteroatoms. The summed E-state index contributed by atoms with van der Waals surface area (Å²) < 4.78 is 5.20. The first-order chi connectivity index (χ1) is 13.1. The molecule has 1 heterocycles. The summed E-state index contributed by atoms with van der Waals surface area (Å²) in [6, 6.07) is 16.6. The summed E-state index contributed by atoms with van der Waals surface area (Å²) in [5, 5.41) is 4.15. The minimum atomic E-state index is -0.376. The van der Waals surface area contributed by atoms with Crippen molar-refractivity contribution in [3.8, 4) is 0 Å². The lowest BCUT2D eigenvalue weighted by Crippen LogP contribution is -2.28. The third-order valence-electron chi connectivity index (χ3n) is 4.59. The molecule has 27 heavy (non-hydrogen) atoms. The van der Waals surface area contributed by atoms with Crippen molar-refractivity contribution in [1.82, 2.24) is 4.90 Å². The highest BCUT2D eigenvalue weighted by Gasteiger charge is 2.11. The lowest BCUT2D eigenvalue weighted by Gasteiger charge is -2.18. The van der Waals surface area contributed by atoms with E-state index < -0.39 is 0 Å². The van der Waals surface area contributed by atoms with Crippen LogP contribution in [0, 0.1) is 0 Å². The van der Waals surface area contributed by atoms with Gasteiger partial charge in [-0.15, -0.1) is 0 Å². The minimum absolute atomic E-state index is 0.0171. The molecule has 0 saturated carbocycles.